The molecule has 11 heavy (non-hydrogen) atoms. The van der Waals surface area contributed by atoms with E-state index in [4.69, 9.17) is 0 Å². The molecule has 0 heterocycles. The predicted molar refractivity (Wildman–Crippen MR) is 50.3 cm³/mol. The first-order valence-electron chi connectivity index (χ1n) is 4.86. The second-order valence-electron chi connectivity index (χ2n) is 3.48. The van der Waals surface area contributed by atoms with Gasteiger partial charge in [-0.25, -0.2) is 0 Å². The Bertz CT molecular complexity index is 133. The van der Waals surface area contributed by atoms with Crippen molar-refractivity contribution < 1.29 is 0 Å². The topological polar surface area (TPSA) is 0 Å². The SMILES string of the molecule is [CH2]C(CC)C1=CCCCCC1. The average Bonchev–Trinajstić information content (AvgIpc) is 2.30. The van der Waals surface area contributed by atoms with E-state index in [1.165, 1.54) is 38.5 Å². The summed E-state index contributed by atoms with van der Waals surface area (Å²) in [5.41, 5.74) is 1.62. The molecule has 0 saturated heterocycles. The van der Waals surface area contributed by atoms with Gasteiger partial charge in [0.25, 0.3) is 0 Å². The van der Waals surface area contributed by atoms with Gasteiger partial charge in [-0.1, -0.05) is 25.0 Å². The van der Waals surface area contributed by atoms with Gasteiger partial charge in [0.15, 0.2) is 0 Å². The molecule has 1 atom stereocenters. The number of rotatable bonds is 2. The summed E-state index contributed by atoms with van der Waals surface area (Å²) in [5.74, 6) is 0.591. The Labute approximate surface area is 70.7 Å². The molecule has 0 aliphatic heterocycles. The van der Waals surface area contributed by atoms with Crippen LogP contribution in [0.5, 0.6) is 0 Å². The summed E-state index contributed by atoms with van der Waals surface area (Å²) in [4.78, 5) is 0. The molecule has 0 bridgehead atoms. The molecule has 0 saturated carbocycles. The van der Waals surface area contributed by atoms with Gasteiger partial charge in [0, 0.05) is 0 Å². The van der Waals surface area contributed by atoms with Gasteiger partial charge < -0.3 is 0 Å². The lowest BCUT2D eigenvalue weighted by Crippen LogP contribution is -1.97. The van der Waals surface area contributed by atoms with Gasteiger partial charge in [-0.3, -0.25) is 0 Å². The van der Waals surface area contributed by atoms with Crippen LogP contribution in [0.3, 0.4) is 0 Å². The summed E-state index contributed by atoms with van der Waals surface area (Å²) in [6, 6.07) is 0. The van der Waals surface area contributed by atoms with Crippen molar-refractivity contribution in [3.8, 4) is 0 Å². The third kappa shape index (κ3) is 2.69. The van der Waals surface area contributed by atoms with E-state index in [1.54, 1.807) is 5.57 Å². The van der Waals surface area contributed by atoms with E-state index in [0.717, 1.165) is 0 Å². The molecule has 0 aromatic carbocycles. The highest BCUT2D eigenvalue weighted by molar-refractivity contribution is 5.08. The normalized spacial score (nSPS) is 22.2. The predicted octanol–water partition coefficient (Wildman–Crippen LogP) is 3.74. The maximum atomic E-state index is 4.15. The Morgan fingerprint density at radius 1 is 1.45 bits per heavy atom. The van der Waals surface area contributed by atoms with Gasteiger partial charge in [-0.05, 0) is 44.9 Å². The molecule has 1 unspecified atom stereocenters. The van der Waals surface area contributed by atoms with Gasteiger partial charge >= 0.3 is 0 Å². The highest BCUT2D eigenvalue weighted by atomic mass is 14.1. The Morgan fingerprint density at radius 2 is 2.27 bits per heavy atom. The fourth-order valence-corrected chi connectivity index (χ4v) is 1.67. The van der Waals surface area contributed by atoms with Gasteiger partial charge in [0.2, 0.25) is 0 Å². The van der Waals surface area contributed by atoms with Crippen LogP contribution in [-0.2, 0) is 0 Å². The van der Waals surface area contributed by atoms with Crippen LogP contribution in [0.15, 0.2) is 11.6 Å². The maximum Gasteiger partial charge on any atom is -0.0206 e. The van der Waals surface area contributed by atoms with E-state index < -0.39 is 0 Å². The zero-order chi connectivity index (χ0) is 8.10. The first-order chi connectivity index (χ1) is 5.34. The fourth-order valence-electron chi connectivity index (χ4n) is 1.67. The van der Waals surface area contributed by atoms with E-state index >= 15 is 0 Å². The molecule has 0 spiro atoms. The zero-order valence-electron chi connectivity index (χ0n) is 7.60. The highest BCUT2D eigenvalue weighted by Gasteiger charge is 2.08. The molecule has 1 rings (SSSR count). The van der Waals surface area contributed by atoms with Crippen LogP contribution in [0, 0.1) is 12.8 Å². The standard InChI is InChI=1S/C11H19/c1-3-10(2)11-8-6-4-5-7-9-11/h8,10H,2-7,9H2,1H3. The highest BCUT2D eigenvalue weighted by Crippen LogP contribution is 2.24. The number of hydrogen-bond acceptors (Lipinski definition) is 0. The first-order valence-corrected chi connectivity index (χ1v) is 4.86. The van der Waals surface area contributed by atoms with E-state index in [9.17, 15) is 0 Å². The van der Waals surface area contributed by atoms with Crippen molar-refractivity contribution in [2.75, 3.05) is 0 Å². The maximum absolute atomic E-state index is 4.15. The molecule has 0 heteroatoms. The molecule has 0 nitrogen and oxygen atoms in total. The smallest absolute Gasteiger partial charge is 0.0206 e. The minimum Gasteiger partial charge on any atom is -0.0851 e. The van der Waals surface area contributed by atoms with Crippen molar-refractivity contribution in [2.45, 2.75) is 45.4 Å². The fraction of sp³-hybridized carbons (Fsp3) is 0.727. The second kappa shape index (κ2) is 4.58. The first kappa shape index (κ1) is 8.83. The minimum atomic E-state index is 0.591. The van der Waals surface area contributed by atoms with E-state index in [-0.39, 0.29) is 0 Å². The van der Waals surface area contributed by atoms with E-state index in [0.29, 0.717) is 5.92 Å². The molecular formula is C11H19. The van der Waals surface area contributed by atoms with Crippen molar-refractivity contribution >= 4 is 0 Å². The van der Waals surface area contributed by atoms with Crippen molar-refractivity contribution in [3.63, 3.8) is 0 Å². The quantitative estimate of drug-likeness (QED) is 0.527. The second-order valence-corrected chi connectivity index (χ2v) is 3.48. The van der Waals surface area contributed by atoms with Gasteiger partial charge in [0.1, 0.15) is 0 Å². The Morgan fingerprint density at radius 3 is 3.00 bits per heavy atom. The summed E-state index contributed by atoms with van der Waals surface area (Å²) in [6.07, 6.45) is 10.4. The van der Waals surface area contributed by atoms with Gasteiger partial charge in [-0.15, -0.1) is 0 Å². The molecule has 0 fully saturated rings. The summed E-state index contributed by atoms with van der Waals surface area (Å²) in [6.45, 7) is 6.38. The van der Waals surface area contributed by atoms with E-state index in [2.05, 4.69) is 19.9 Å². The Balaban J connectivity index is 2.46. The van der Waals surface area contributed by atoms with Gasteiger partial charge in [-0.2, -0.15) is 0 Å². The Kier molecular flexibility index (Phi) is 3.68. The van der Waals surface area contributed by atoms with Crippen molar-refractivity contribution in [1.29, 1.82) is 0 Å². The van der Waals surface area contributed by atoms with Crippen molar-refractivity contribution in [2.24, 2.45) is 5.92 Å². The molecule has 0 N–H and O–H groups in total. The minimum absolute atomic E-state index is 0.591. The lowest BCUT2D eigenvalue weighted by molar-refractivity contribution is 0.650. The molecule has 1 aliphatic rings. The van der Waals surface area contributed by atoms with Crippen LogP contribution in [0.2, 0.25) is 0 Å². The van der Waals surface area contributed by atoms with Gasteiger partial charge in [0.05, 0.1) is 0 Å². The molecule has 0 amide bonds. The molecule has 1 radical (unpaired) electrons. The van der Waals surface area contributed by atoms with Crippen LogP contribution in [0.1, 0.15) is 45.4 Å². The third-order valence-corrected chi connectivity index (χ3v) is 2.59. The monoisotopic (exact) mass is 151 g/mol. The van der Waals surface area contributed by atoms with Crippen LogP contribution in [0.4, 0.5) is 0 Å². The Hall–Kier alpha value is -0.260. The summed E-state index contributed by atoms with van der Waals surface area (Å²) >= 11 is 0. The average molecular weight is 151 g/mol. The van der Waals surface area contributed by atoms with Crippen LogP contribution in [-0.4, -0.2) is 0 Å². The lowest BCUT2D eigenvalue weighted by atomic mass is 9.95. The van der Waals surface area contributed by atoms with Crippen LogP contribution in [0.25, 0.3) is 0 Å². The summed E-state index contributed by atoms with van der Waals surface area (Å²) in [5, 5.41) is 0. The zero-order valence-corrected chi connectivity index (χ0v) is 7.60. The van der Waals surface area contributed by atoms with E-state index in [1.807, 2.05) is 0 Å². The number of hydrogen-bond donors (Lipinski definition) is 0. The molecule has 0 aromatic heterocycles. The number of allylic oxidation sites excluding steroid dienone is 2. The van der Waals surface area contributed by atoms with Crippen LogP contribution < -0.4 is 0 Å². The summed E-state index contributed by atoms with van der Waals surface area (Å²) < 4.78 is 0. The summed E-state index contributed by atoms with van der Waals surface area (Å²) in [7, 11) is 0. The third-order valence-electron chi connectivity index (χ3n) is 2.59. The molecule has 63 valence electrons. The van der Waals surface area contributed by atoms with Crippen LogP contribution >= 0.6 is 0 Å². The molecule has 0 aromatic rings. The largest absolute Gasteiger partial charge is 0.0851 e. The lowest BCUT2D eigenvalue weighted by Gasteiger charge is -2.11. The van der Waals surface area contributed by atoms with Crippen molar-refractivity contribution in [1.82, 2.24) is 0 Å². The van der Waals surface area contributed by atoms with Crippen molar-refractivity contribution in [3.05, 3.63) is 18.6 Å². The molecular weight excluding hydrogens is 132 g/mol. The molecule has 1 aliphatic carbocycles.